The first-order valence-electron chi connectivity index (χ1n) is 24.4. The summed E-state index contributed by atoms with van der Waals surface area (Å²) >= 11 is 0. The Morgan fingerprint density at radius 2 is 0.533 bits per heavy atom. The second-order valence-electron chi connectivity index (χ2n) is 17.4. The molecule has 0 saturated carbocycles. The molecule has 4 atom stereocenters. The highest BCUT2D eigenvalue weighted by molar-refractivity contribution is 5.83. The van der Waals surface area contributed by atoms with E-state index >= 15 is 0 Å². The van der Waals surface area contributed by atoms with Gasteiger partial charge in [0.1, 0.15) is 23.0 Å². The third-order valence-corrected chi connectivity index (χ3v) is 12.6. The van der Waals surface area contributed by atoms with Crippen molar-refractivity contribution < 1.29 is 18.9 Å². The van der Waals surface area contributed by atoms with E-state index in [0.29, 0.717) is 50.1 Å². The zero-order valence-corrected chi connectivity index (χ0v) is 39.2. The summed E-state index contributed by atoms with van der Waals surface area (Å²) in [7, 11) is 0. The molecule has 6 bridgehead atoms. The summed E-state index contributed by atoms with van der Waals surface area (Å²) in [6.07, 6.45) is 18.8. The topological polar surface area (TPSA) is 36.9 Å². The van der Waals surface area contributed by atoms with E-state index in [0.717, 1.165) is 81.0 Å². The van der Waals surface area contributed by atoms with Gasteiger partial charge in [-0.3, -0.25) is 0 Å². The molecule has 0 radical (unpaired) electrons. The van der Waals surface area contributed by atoms with E-state index in [-0.39, 0.29) is 0 Å². The molecule has 60 heavy (non-hydrogen) atoms. The van der Waals surface area contributed by atoms with Crippen molar-refractivity contribution in [2.45, 2.75) is 158 Å². The molecular weight excluding hydrogens is 737 g/mol. The molecule has 0 aliphatic carbocycles. The molecule has 0 fully saturated rings. The molecule has 0 spiro atoms. The third kappa shape index (κ3) is 16.2. The standard InChI is InChI=1S/C56H82O4/c1-9-17-21-43(13-5)39-57-53-37-51-33-34-52-38-54(58-40-44(14-6)22-18-10-2)50(36-56(52)60-42-46(16-8)24-20-12-4)32-30-48-27-25-47(26-28-48)29-31-49(53)35-55(51)59-41-45(15-7)23-19-11-3/h25-38,43-46H,9-24,39-42H2,1-8H3. The minimum atomic E-state index is 0.508. The van der Waals surface area contributed by atoms with Gasteiger partial charge in [0, 0.05) is 21.5 Å². The SMILES string of the molecule is CCCCC(CC)COc1cc2ccc3cc(OCC(CC)CCCC)c(ccc4ccc(cc4)ccc1cc2OCC(CC)CCCC)cc3OCC(CC)CCCC. The van der Waals surface area contributed by atoms with Crippen LogP contribution in [0.5, 0.6) is 23.0 Å². The van der Waals surface area contributed by atoms with Crippen LogP contribution in [-0.4, -0.2) is 26.4 Å². The molecule has 0 aliphatic heterocycles. The number of ether oxygens (including phenoxy) is 4. The average Bonchev–Trinajstić information content (AvgIpc) is 3.28. The summed E-state index contributed by atoms with van der Waals surface area (Å²) in [6.45, 7) is 21.0. The quantitative estimate of drug-likeness (QED) is 0.0572. The molecule has 4 nitrogen and oxygen atoms in total. The first kappa shape index (κ1) is 48.7. The summed E-state index contributed by atoms with van der Waals surface area (Å²) in [5.41, 5.74) is 0. The molecular formula is C56H82O4. The van der Waals surface area contributed by atoms with E-state index < -0.39 is 0 Å². The van der Waals surface area contributed by atoms with Gasteiger partial charge in [0.05, 0.1) is 26.4 Å². The lowest BCUT2D eigenvalue weighted by Crippen LogP contribution is -2.12. The largest absolute Gasteiger partial charge is 0.493 e. The van der Waals surface area contributed by atoms with Crippen molar-refractivity contribution in [3.05, 3.63) is 84.9 Å². The summed E-state index contributed by atoms with van der Waals surface area (Å²) in [5, 5.41) is 6.37. The number of rotatable bonds is 28. The van der Waals surface area contributed by atoms with Gasteiger partial charge in [-0.05, 0) is 84.4 Å². The van der Waals surface area contributed by atoms with Crippen LogP contribution in [0.15, 0.2) is 84.9 Å². The zero-order chi connectivity index (χ0) is 43.0. The maximum atomic E-state index is 6.86. The molecule has 9 aromatic rings. The Kier molecular flexibility index (Phi) is 22.6. The van der Waals surface area contributed by atoms with E-state index in [1.165, 1.54) is 77.0 Å². The van der Waals surface area contributed by atoms with Crippen molar-refractivity contribution in [1.29, 1.82) is 0 Å². The van der Waals surface area contributed by atoms with Gasteiger partial charge in [-0.15, -0.1) is 0 Å². The van der Waals surface area contributed by atoms with Gasteiger partial charge >= 0.3 is 0 Å². The fraction of sp³-hybridized carbons (Fsp3) is 0.571. The minimum Gasteiger partial charge on any atom is -0.493 e. The smallest absolute Gasteiger partial charge is 0.127 e. The van der Waals surface area contributed by atoms with Crippen LogP contribution in [0, 0.1) is 23.7 Å². The molecule has 0 amide bonds. The molecule has 4 heteroatoms. The predicted octanol–water partition coefficient (Wildman–Crippen LogP) is 17.2. The Balaban J connectivity index is 2.02. The summed E-state index contributed by atoms with van der Waals surface area (Å²) in [4.78, 5) is 0. The van der Waals surface area contributed by atoms with Crippen LogP contribution in [0.2, 0.25) is 0 Å². The lowest BCUT2D eigenvalue weighted by atomic mass is 10.0. The summed E-state index contributed by atoms with van der Waals surface area (Å²) < 4.78 is 27.3. The van der Waals surface area contributed by atoms with Gasteiger partial charge in [-0.1, -0.05) is 193 Å². The summed E-state index contributed by atoms with van der Waals surface area (Å²) in [5.74, 6) is 5.59. The fourth-order valence-electron chi connectivity index (χ4n) is 7.90. The van der Waals surface area contributed by atoms with Crippen LogP contribution in [0.3, 0.4) is 0 Å². The molecule has 4 unspecified atom stereocenters. The fourth-order valence-corrected chi connectivity index (χ4v) is 7.90. The zero-order valence-electron chi connectivity index (χ0n) is 39.2. The predicted molar refractivity (Wildman–Crippen MR) is 261 cm³/mol. The molecule has 0 heterocycles. The van der Waals surface area contributed by atoms with Gasteiger partial charge in [0.25, 0.3) is 0 Å². The molecule has 0 aromatic heterocycles. The van der Waals surface area contributed by atoms with Crippen molar-refractivity contribution >= 4 is 32.3 Å². The Labute approximate surface area is 366 Å². The highest BCUT2D eigenvalue weighted by Crippen LogP contribution is 2.35. The van der Waals surface area contributed by atoms with Crippen LogP contribution < -0.4 is 18.9 Å². The van der Waals surface area contributed by atoms with Crippen LogP contribution in [-0.2, 0) is 0 Å². The van der Waals surface area contributed by atoms with Crippen molar-refractivity contribution in [3.8, 4) is 23.0 Å². The van der Waals surface area contributed by atoms with Gasteiger partial charge in [-0.25, -0.2) is 0 Å². The Hall–Kier alpha value is -3.92. The monoisotopic (exact) mass is 819 g/mol. The first-order valence-corrected chi connectivity index (χ1v) is 24.4. The molecule has 9 rings (SSSR count). The van der Waals surface area contributed by atoms with Gasteiger partial charge in [0.15, 0.2) is 0 Å². The normalized spacial score (nSPS) is 13.4. The lowest BCUT2D eigenvalue weighted by molar-refractivity contribution is 0.231. The molecule has 330 valence electrons. The van der Waals surface area contributed by atoms with E-state index in [1.807, 2.05) is 0 Å². The van der Waals surface area contributed by atoms with E-state index in [4.69, 9.17) is 18.9 Å². The lowest BCUT2D eigenvalue weighted by Gasteiger charge is -2.19. The molecule has 0 aliphatic rings. The minimum absolute atomic E-state index is 0.508. The number of unbranched alkanes of at least 4 members (excludes halogenated alkanes) is 4. The Bertz CT molecular complexity index is 1760. The molecule has 9 aromatic carbocycles. The Morgan fingerprint density at radius 3 is 0.750 bits per heavy atom. The van der Waals surface area contributed by atoms with Crippen LogP contribution in [0.1, 0.15) is 158 Å². The van der Waals surface area contributed by atoms with Gasteiger partial charge in [-0.2, -0.15) is 0 Å². The van der Waals surface area contributed by atoms with E-state index in [2.05, 4.69) is 140 Å². The summed E-state index contributed by atoms with van der Waals surface area (Å²) in [6, 6.07) is 30.8. The van der Waals surface area contributed by atoms with E-state index in [9.17, 15) is 0 Å². The van der Waals surface area contributed by atoms with Crippen LogP contribution in [0.4, 0.5) is 0 Å². The third-order valence-electron chi connectivity index (χ3n) is 12.6. The van der Waals surface area contributed by atoms with Gasteiger partial charge < -0.3 is 18.9 Å². The molecule has 0 saturated heterocycles. The molecule has 0 N–H and O–H groups in total. The highest BCUT2D eigenvalue weighted by Gasteiger charge is 2.15. The average molecular weight is 819 g/mol. The van der Waals surface area contributed by atoms with Gasteiger partial charge in [0.2, 0.25) is 0 Å². The van der Waals surface area contributed by atoms with E-state index in [1.54, 1.807) is 0 Å². The Morgan fingerprint density at radius 1 is 0.317 bits per heavy atom. The second-order valence-corrected chi connectivity index (χ2v) is 17.4. The second kappa shape index (κ2) is 27.8. The van der Waals surface area contributed by atoms with Crippen LogP contribution >= 0.6 is 0 Å². The maximum Gasteiger partial charge on any atom is 0.127 e. The van der Waals surface area contributed by atoms with Crippen molar-refractivity contribution in [2.24, 2.45) is 23.7 Å². The van der Waals surface area contributed by atoms with Crippen molar-refractivity contribution in [1.82, 2.24) is 0 Å². The number of benzene rings is 3. The number of hydrogen-bond donors (Lipinski definition) is 0. The van der Waals surface area contributed by atoms with Crippen molar-refractivity contribution in [2.75, 3.05) is 26.4 Å². The number of hydrogen-bond acceptors (Lipinski definition) is 4. The maximum absolute atomic E-state index is 6.86. The van der Waals surface area contributed by atoms with Crippen molar-refractivity contribution in [3.63, 3.8) is 0 Å². The van der Waals surface area contributed by atoms with Crippen LogP contribution in [0.25, 0.3) is 32.3 Å². The highest BCUT2D eigenvalue weighted by atomic mass is 16.5. The first-order chi connectivity index (χ1) is 29.4.